The normalized spacial score (nSPS) is 13.5. The number of anilines is 1. The summed E-state index contributed by atoms with van der Waals surface area (Å²) in [4.78, 5) is 12.2. The van der Waals surface area contributed by atoms with E-state index >= 15 is 0 Å². The molecule has 3 N–H and O–H groups in total. The van der Waals surface area contributed by atoms with Gasteiger partial charge >= 0.3 is 0 Å². The Hall–Kier alpha value is -2.55. The fraction of sp³-hybridized carbons (Fsp3) is 0.211. The number of carbonyl (C=O) groups is 1. The minimum Gasteiger partial charge on any atom is -0.486 e. The summed E-state index contributed by atoms with van der Waals surface area (Å²) in [6.45, 7) is 2.68. The zero-order valence-corrected chi connectivity index (χ0v) is 16.6. The summed E-state index contributed by atoms with van der Waals surface area (Å²) < 4.78 is 34.4. The maximum absolute atomic E-state index is 12.2. The van der Waals surface area contributed by atoms with Crippen molar-refractivity contribution in [2.24, 2.45) is 5.14 Å². The molecule has 148 valence electrons. The maximum atomic E-state index is 12.2. The van der Waals surface area contributed by atoms with Crippen LogP contribution in [0.1, 0.15) is 18.1 Å². The van der Waals surface area contributed by atoms with Crippen LogP contribution >= 0.6 is 11.6 Å². The number of fused-ring (bicyclic) bond motifs is 1. The number of aryl methyl sites for hydroxylation is 1. The molecule has 3 rings (SSSR count). The quantitative estimate of drug-likeness (QED) is 0.720. The van der Waals surface area contributed by atoms with Crippen LogP contribution in [0.15, 0.2) is 41.3 Å². The van der Waals surface area contributed by atoms with Crippen molar-refractivity contribution in [1.29, 1.82) is 0 Å². The predicted octanol–water partition coefficient (Wildman–Crippen LogP) is 2.97. The molecule has 2 aromatic rings. The molecule has 1 amide bonds. The van der Waals surface area contributed by atoms with E-state index < -0.39 is 15.9 Å². The van der Waals surface area contributed by atoms with Crippen LogP contribution in [-0.4, -0.2) is 27.5 Å². The number of hydrogen-bond acceptors (Lipinski definition) is 5. The molecule has 9 heteroatoms. The van der Waals surface area contributed by atoms with Gasteiger partial charge in [-0.15, -0.1) is 0 Å². The predicted molar refractivity (Wildman–Crippen MR) is 107 cm³/mol. The second-order valence-corrected chi connectivity index (χ2v) is 8.01. The van der Waals surface area contributed by atoms with Gasteiger partial charge in [-0.25, -0.2) is 13.6 Å². The lowest BCUT2D eigenvalue weighted by atomic mass is 10.1. The number of rotatable bonds is 5. The molecule has 1 aliphatic rings. The van der Waals surface area contributed by atoms with Crippen LogP contribution in [0.2, 0.25) is 5.02 Å². The summed E-state index contributed by atoms with van der Waals surface area (Å²) in [7, 11) is -3.88. The average Bonchev–Trinajstić information content (AvgIpc) is 2.66. The Morgan fingerprint density at radius 2 is 2.00 bits per heavy atom. The summed E-state index contributed by atoms with van der Waals surface area (Å²) in [6.07, 6.45) is 3.39. The number of benzene rings is 2. The SMILES string of the molecule is CCc1ccc(NC(=O)/C=C/c2cc(Cl)c3c(c2)OCCO3)cc1S(N)(=O)=O. The minimum atomic E-state index is -3.88. The van der Waals surface area contributed by atoms with E-state index in [1.807, 2.05) is 6.92 Å². The Morgan fingerprint density at radius 1 is 1.25 bits per heavy atom. The zero-order chi connectivity index (χ0) is 20.3. The van der Waals surface area contributed by atoms with E-state index in [1.54, 1.807) is 30.3 Å². The first kappa shape index (κ1) is 20.2. The number of hydrogen-bond donors (Lipinski definition) is 2. The highest BCUT2D eigenvalue weighted by Crippen LogP contribution is 2.38. The largest absolute Gasteiger partial charge is 0.486 e. The molecule has 0 saturated carbocycles. The van der Waals surface area contributed by atoms with Gasteiger partial charge in [0.2, 0.25) is 15.9 Å². The lowest BCUT2D eigenvalue weighted by Gasteiger charge is -2.19. The first-order valence-electron chi connectivity index (χ1n) is 8.52. The molecule has 1 heterocycles. The highest BCUT2D eigenvalue weighted by atomic mass is 35.5. The average molecular weight is 423 g/mol. The van der Waals surface area contributed by atoms with Gasteiger partial charge in [0.1, 0.15) is 13.2 Å². The minimum absolute atomic E-state index is 0.00426. The van der Waals surface area contributed by atoms with E-state index in [1.165, 1.54) is 12.1 Å². The fourth-order valence-electron chi connectivity index (χ4n) is 2.77. The van der Waals surface area contributed by atoms with Gasteiger partial charge in [-0.2, -0.15) is 0 Å². The fourth-order valence-corrected chi connectivity index (χ4v) is 3.91. The Balaban J connectivity index is 1.77. The summed E-state index contributed by atoms with van der Waals surface area (Å²) in [5, 5.41) is 8.26. The van der Waals surface area contributed by atoms with Gasteiger partial charge < -0.3 is 14.8 Å². The molecular formula is C19H19ClN2O5S. The standard InChI is InChI=1S/C19H19ClN2O5S/c1-2-13-4-5-14(11-17(13)28(21,24)25)22-18(23)6-3-12-9-15(20)19-16(10-12)26-7-8-27-19/h3-6,9-11H,2,7-8H2,1H3,(H,22,23)(H2,21,24,25)/b6-3+. The highest BCUT2D eigenvalue weighted by molar-refractivity contribution is 7.89. The Kier molecular flexibility index (Phi) is 5.93. The Morgan fingerprint density at radius 3 is 2.71 bits per heavy atom. The van der Waals surface area contributed by atoms with Crippen LogP contribution in [0.4, 0.5) is 5.69 Å². The van der Waals surface area contributed by atoms with E-state index in [0.717, 1.165) is 0 Å². The van der Waals surface area contributed by atoms with Crippen molar-refractivity contribution in [3.05, 3.63) is 52.6 Å². The summed E-state index contributed by atoms with van der Waals surface area (Å²) in [5.74, 6) is 0.573. The molecule has 0 spiro atoms. The first-order valence-corrected chi connectivity index (χ1v) is 10.4. The Bertz CT molecular complexity index is 1050. The second kappa shape index (κ2) is 8.22. The van der Waals surface area contributed by atoms with Crippen molar-refractivity contribution in [1.82, 2.24) is 0 Å². The van der Waals surface area contributed by atoms with Crippen molar-refractivity contribution >= 4 is 39.3 Å². The van der Waals surface area contributed by atoms with Crippen molar-refractivity contribution in [2.75, 3.05) is 18.5 Å². The van der Waals surface area contributed by atoms with Gasteiger partial charge in [0.25, 0.3) is 0 Å². The van der Waals surface area contributed by atoms with Gasteiger partial charge in [0.15, 0.2) is 11.5 Å². The van der Waals surface area contributed by atoms with Crippen molar-refractivity contribution in [3.63, 3.8) is 0 Å². The smallest absolute Gasteiger partial charge is 0.248 e. The van der Waals surface area contributed by atoms with Crippen LogP contribution in [0.25, 0.3) is 6.08 Å². The summed E-state index contributed by atoms with van der Waals surface area (Å²) >= 11 is 6.17. The van der Waals surface area contributed by atoms with E-state index in [-0.39, 0.29) is 4.90 Å². The van der Waals surface area contributed by atoms with Gasteiger partial charge in [-0.3, -0.25) is 4.79 Å². The number of primary sulfonamides is 1. The molecule has 0 aromatic heterocycles. The topological polar surface area (TPSA) is 108 Å². The van der Waals surface area contributed by atoms with Gasteiger partial charge in [0.05, 0.1) is 9.92 Å². The van der Waals surface area contributed by atoms with Crippen molar-refractivity contribution in [3.8, 4) is 11.5 Å². The van der Waals surface area contributed by atoms with Crippen LogP contribution in [0.3, 0.4) is 0 Å². The third-order valence-corrected chi connectivity index (χ3v) is 5.34. The molecule has 0 aliphatic carbocycles. The molecule has 0 fully saturated rings. The number of amides is 1. The van der Waals surface area contributed by atoms with Crippen LogP contribution in [-0.2, 0) is 21.2 Å². The van der Waals surface area contributed by atoms with E-state index in [4.69, 9.17) is 26.2 Å². The van der Waals surface area contributed by atoms with Crippen LogP contribution < -0.4 is 19.9 Å². The number of carbonyl (C=O) groups excluding carboxylic acids is 1. The molecule has 7 nitrogen and oxygen atoms in total. The number of nitrogens with one attached hydrogen (secondary N) is 1. The number of sulfonamides is 1. The molecule has 0 unspecified atom stereocenters. The summed E-state index contributed by atoms with van der Waals surface area (Å²) in [5.41, 5.74) is 1.58. The number of nitrogens with two attached hydrogens (primary N) is 1. The van der Waals surface area contributed by atoms with E-state index in [9.17, 15) is 13.2 Å². The first-order chi connectivity index (χ1) is 13.3. The lowest BCUT2D eigenvalue weighted by molar-refractivity contribution is -0.111. The van der Waals surface area contributed by atoms with Crippen molar-refractivity contribution in [2.45, 2.75) is 18.2 Å². The molecule has 28 heavy (non-hydrogen) atoms. The second-order valence-electron chi connectivity index (χ2n) is 6.07. The molecule has 0 bridgehead atoms. The molecule has 0 atom stereocenters. The van der Waals surface area contributed by atoms with Gasteiger partial charge in [0, 0.05) is 11.8 Å². The third kappa shape index (κ3) is 4.64. The van der Waals surface area contributed by atoms with Crippen molar-refractivity contribution < 1.29 is 22.7 Å². The Labute approximate surface area is 168 Å². The monoisotopic (exact) mass is 422 g/mol. The summed E-state index contributed by atoms with van der Waals surface area (Å²) in [6, 6.07) is 7.98. The maximum Gasteiger partial charge on any atom is 0.248 e. The zero-order valence-electron chi connectivity index (χ0n) is 15.1. The van der Waals surface area contributed by atoms with Crippen LogP contribution in [0, 0.1) is 0 Å². The van der Waals surface area contributed by atoms with Gasteiger partial charge in [-0.1, -0.05) is 24.6 Å². The van der Waals surface area contributed by atoms with Crippen LogP contribution in [0.5, 0.6) is 11.5 Å². The molecule has 1 aliphatic heterocycles. The molecule has 2 aromatic carbocycles. The molecule has 0 saturated heterocycles. The molecular weight excluding hydrogens is 404 g/mol. The van der Waals surface area contributed by atoms with E-state index in [0.29, 0.717) is 53.0 Å². The van der Waals surface area contributed by atoms with Gasteiger partial charge in [-0.05, 0) is 47.9 Å². The highest BCUT2D eigenvalue weighted by Gasteiger charge is 2.16. The molecule has 0 radical (unpaired) electrons. The third-order valence-electron chi connectivity index (χ3n) is 4.07. The lowest BCUT2D eigenvalue weighted by Crippen LogP contribution is -2.16. The number of halogens is 1. The number of ether oxygens (including phenoxy) is 2. The van der Waals surface area contributed by atoms with E-state index in [2.05, 4.69) is 5.32 Å².